The number of halogens is 1. The highest BCUT2D eigenvalue weighted by atomic mass is 35.5. The predicted molar refractivity (Wildman–Crippen MR) is 51.4 cm³/mol. The van der Waals surface area contributed by atoms with Gasteiger partial charge in [0.1, 0.15) is 0 Å². The minimum absolute atomic E-state index is 0.204. The van der Waals surface area contributed by atoms with Gasteiger partial charge in [-0.15, -0.1) is 0 Å². The first-order valence-electron chi connectivity index (χ1n) is 3.28. The molecular weight excluding hydrogens is 180 g/mol. The van der Waals surface area contributed by atoms with Crippen molar-refractivity contribution in [2.75, 3.05) is 0 Å². The maximum absolute atomic E-state index is 5.70. The molecule has 1 aliphatic rings. The van der Waals surface area contributed by atoms with Crippen LogP contribution in [-0.4, -0.2) is 11.2 Å². The van der Waals surface area contributed by atoms with Gasteiger partial charge in [-0.2, -0.15) is 0 Å². The van der Waals surface area contributed by atoms with E-state index in [1.807, 2.05) is 18.2 Å². The van der Waals surface area contributed by atoms with Crippen molar-refractivity contribution in [3.8, 4) is 0 Å². The lowest BCUT2D eigenvalue weighted by atomic mass is 10.1. The molecule has 4 heteroatoms. The fourth-order valence-electron chi connectivity index (χ4n) is 0.884. The first-order valence-corrected chi connectivity index (χ1v) is 4.07. The number of nitrogens with one attached hydrogen (secondary N) is 1. The van der Waals surface area contributed by atoms with Gasteiger partial charge in [0.15, 0.2) is 5.11 Å². The van der Waals surface area contributed by atoms with Crippen LogP contribution >= 0.6 is 23.8 Å². The molecular formula is C7H9ClN2S. The van der Waals surface area contributed by atoms with E-state index in [0.29, 0.717) is 5.11 Å². The van der Waals surface area contributed by atoms with Gasteiger partial charge in [-0.25, -0.2) is 0 Å². The van der Waals surface area contributed by atoms with Crippen LogP contribution in [0.3, 0.4) is 0 Å². The second-order valence-electron chi connectivity index (χ2n) is 2.30. The standard InChI is InChI=1S/C7H9ClN2S/c8-5-1-3-6(4-2-5)10-7(9)11/h1-3,6H,4H2,(H3,9,10,11). The number of hydrogen-bond donors (Lipinski definition) is 2. The molecule has 0 spiro atoms. The largest absolute Gasteiger partial charge is 0.376 e. The van der Waals surface area contributed by atoms with E-state index in [-0.39, 0.29) is 6.04 Å². The Morgan fingerprint density at radius 2 is 2.55 bits per heavy atom. The molecule has 1 rings (SSSR count). The molecule has 0 fully saturated rings. The zero-order valence-corrected chi connectivity index (χ0v) is 7.45. The molecule has 0 amide bonds. The lowest BCUT2D eigenvalue weighted by Gasteiger charge is -2.15. The SMILES string of the molecule is NC(=S)NC1C=CC(Cl)=CC1. The first-order chi connectivity index (χ1) is 5.18. The van der Waals surface area contributed by atoms with E-state index in [4.69, 9.17) is 17.3 Å². The van der Waals surface area contributed by atoms with Crippen LogP contribution in [0.4, 0.5) is 0 Å². The Kier molecular flexibility index (Phi) is 2.91. The summed E-state index contributed by atoms with van der Waals surface area (Å²) >= 11 is 10.4. The van der Waals surface area contributed by atoms with Crippen molar-refractivity contribution in [1.82, 2.24) is 5.32 Å². The molecule has 0 aliphatic heterocycles. The summed E-state index contributed by atoms with van der Waals surface area (Å²) in [4.78, 5) is 0. The molecule has 1 aliphatic carbocycles. The number of thiocarbonyl (C=S) groups is 1. The quantitative estimate of drug-likeness (QED) is 0.609. The molecule has 1 unspecified atom stereocenters. The Morgan fingerprint density at radius 1 is 1.82 bits per heavy atom. The van der Waals surface area contributed by atoms with E-state index >= 15 is 0 Å². The minimum atomic E-state index is 0.204. The van der Waals surface area contributed by atoms with Crippen LogP contribution in [-0.2, 0) is 0 Å². The van der Waals surface area contributed by atoms with Crippen molar-refractivity contribution < 1.29 is 0 Å². The number of nitrogens with two attached hydrogens (primary N) is 1. The maximum atomic E-state index is 5.70. The molecule has 0 aromatic carbocycles. The van der Waals surface area contributed by atoms with Crippen molar-refractivity contribution in [3.63, 3.8) is 0 Å². The van der Waals surface area contributed by atoms with Gasteiger partial charge in [0, 0.05) is 5.03 Å². The molecule has 0 saturated carbocycles. The molecule has 11 heavy (non-hydrogen) atoms. The van der Waals surface area contributed by atoms with Crippen molar-refractivity contribution in [3.05, 3.63) is 23.3 Å². The molecule has 0 bridgehead atoms. The summed E-state index contributed by atoms with van der Waals surface area (Å²) in [5.74, 6) is 0. The van der Waals surface area contributed by atoms with Crippen molar-refractivity contribution in [2.24, 2.45) is 5.73 Å². The number of hydrogen-bond acceptors (Lipinski definition) is 1. The molecule has 3 N–H and O–H groups in total. The lowest BCUT2D eigenvalue weighted by Crippen LogP contribution is -2.37. The summed E-state index contributed by atoms with van der Waals surface area (Å²) < 4.78 is 0. The molecule has 0 aromatic heterocycles. The summed E-state index contributed by atoms with van der Waals surface area (Å²) in [6, 6.07) is 0.204. The zero-order chi connectivity index (χ0) is 8.27. The average Bonchev–Trinajstić information content (AvgIpc) is 1.93. The highest BCUT2D eigenvalue weighted by molar-refractivity contribution is 7.80. The molecule has 0 aromatic rings. The van der Waals surface area contributed by atoms with Gasteiger partial charge in [0.2, 0.25) is 0 Å². The molecule has 1 atom stereocenters. The van der Waals surface area contributed by atoms with Gasteiger partial charge in [0.25, 0.3) is 0 Å². The Hall–Kier alpha value is -0.540. The predicted octanol–water partition coefficient (Wildman–Crippen LogP) is 1.27. The van der Waals surface area contributed by atoms with E-state index in [1.165, 1.54) is 0 Å². The summed E-state index contributed by atoms with van der Waals surface area (Å²) in [6.45, 7) is 0. The van der Waals surface area contributed by atoms with Crippen LogP contribution in [0.1, 0.15) is 6.42 Å². The number of allylic oxidation sites excluding steroid dienone is 2. The average molecular weight is 189 g/mol. The fourth-order valence-corrected chi connectivity index (χ4v) is 1.20. The van der Waals surface area contributed by atoms with Crippen LogP contribution in [0.25, 0.3) is 0 Å². The minimum Gasteiger partial charge on any atom is -0.376 e. The Bertz CT molecular complexity index is 222. The molecule has 0 radical (unpaired) electrons. The molecule has 0 heterocycles. The maximum Gasteiger partial charge on any atom is 0.164 e. The van der Waals surface area contributed by atoms with Crippen LogP contribution in [0.5, 0.6) is 0 Å². The highest BCUT2D eigenvalue weighted by Crippen LogP contribution is 2.13. The third kappa shape index (κ3) is 2.91. The van der Waals surface area contributed by atoms with Gasteiger partial charge in [-0.05, 0) is 24.7 Å². The normalized spacial score (nSPS) is 22.6. The summed E-state index contributed by atoms with van der Waals surface area (Å²) in [7, 11) is 0. The summed E-state index contributed by atoms with van der Waals surface area (Å²) in [5.41, 5.74) is 5.29. The van der Waals surface area contributed by atoms with Crippen LogP contribution < -0.4 is 11.1 Å². The Morgan fingerprint density at radius 3 is 3.00 bits per heavy atom. The van der Waals surface area contributed by atoms with Gasteiger partial charge in [-0.1, -0.05) is 23.8 Å². The molecule has 2 nitrogen and oxygen atoms in total. The lowest BCUT2D eigenvalue weighted by molar-refractivity contribution is 0.735. The summed E-state index contributed by atoms with van der Waals surface area (Å²) in [6.07, 6.45) is 6.55. The summed E-state index contributed by atoms with van der Waals surface area (Å²) in [5, 5.41) is 4.02. The van der Waals surface area contributed by atoms with Crippen molar-refractivity contribution in [2.45, 2.75) is 12.5 Å². The van der Waals surface area contributed by atoms with Crippen molar-refractivity contribution in [1.29, 1.82) is 0 Å². The monoisotopic (exact) mass is 188 g/mol. The van der Waals surface area contributed by atoms with Crippen LogP contribution in [0.15, 0.2) is 23.3 Å². The third-order valence-corrected chi connectivity index (χ3v) is 1.78. The third-order valence-electron chi connectivity index (χ3n) is 1.38. The molecule has 60 valence electrons. The van der Waals surface area contributed by atoms with E-state index in [0.717, 1.165) is 11.5 Å². The van der Waals surface area contributed by atoms with Gasteiger partial charge >= 0.3 is 0 Å². The Labute approximate surface area is 76.1 Å². The van der Waals surface area contributed by atoms with Gasteiger partial charge in [0.05, 0.1) is 6.04 Å². The van der Waals surface area contributed by atoms with Crippen LogP contribution in [0, 0.1) is 0 Å². The number of rotatable bonds is 1. The van der Waals surface area contributed by atoms with Gasteiger partial charge < -0.3 is 11.1 Å². The zero-order valence-electron chi connectivity index (χ0n) is 5.88. The van der Waals surface area contributed by atoms with E-state index in [2.05, 4.69) is 17.5 Å². The molecule has 0 saturated heterocycles. The topological polar surface area (TPSA) is 38.0 Å². The smallest absolute Gasteiger partial charge is 0.164 e. The van der Waals surface area contributed by atoms with Gasteiger partial charge in [-0.3, -0.25) is 0 Å². The van der Waals surface area contributed by atoms with E-state index in [9.17, 15) is 0 Å². The van der Waals surface area contributed by atoms with Crippen molar-refractivity contribution >= 4 is 28.9 Å². The Balaban J connectivity index is 2.43. The fraction of sp³-hybridized carbons (Fsp3) is 0.286. The second-order valence-corrected chi connectivity index (χ2v) is 3.18. The highest BCUT2D eigenvalue weighted by Gasteiger charge is 2.06. The first kappa shape index (κ1) is 8.56. The van der Waals surface area contributed by atoms with E-state index < -0.39 is 0 Å². The van der Waals surface area contributed by atoms with E-state index in [1.54, 1.807) is 0 Å². The van der Waals surface area contributed by atoms with Crippen LogP contribution in [0.2, 0.25) is 0 Å². The second kappa shape index (κ2) is 3.74.